The number of piperidine rings is 2. The number of para-hydroxylation sites is 2. The van der Waals surface area contributed by atoms with Crippen molar-refractivity contribution in [2.75, 3.05) is 33.9 Å². The number of nitrogens with zero attached hydrogens (tertiary/aromatic N) is 4. The normalized spacial score (nSPS) is 22.9. The van der Waals surface area contributed by atoms with Crippen LogP contribution in [-0.2, 0) is 16.6 Å². The zero-order chi connectivity index (χ0) is 31.0. The summed E-state index contributed by atoms with van der Waals surface area (Å²) in [6, 6.07) is 27.2. The van der Waals surface area contributed by atoms with Crippen molar-refractivity contribution in [1.29, 1.82) is 0 Å². The van der Waals surface area contributed by atoms with E-state index in [9.17, 15) is 4.79 Å². The van der Waals surface area contributed by atoms with Crippen molar-refractivity contribution in [2.45, 2.75) is 81.8 Å². The molecule has 7 heteroatoms. The van der Waals surface area contributed by atoms with E-state index in [1.165, 1.54) is 36.8 Å². The predicted octanol–water partition coefficient (Wildman–Crippen LogP) is 6.72. The molecular formula is C38H46N4O3. The summed E-state index contributed by atoms with van der Waals surface area (Å²) in [5.41, 5.74) is 4.83. The first-order valence-corrected chi connectivity index (χ1v) is 16.7. The zero-order valence-corrected chi connectivity index (χ0v) is 27.0. The van der Waals surface area contributed by atoms with Crippen molar-refractivity contribution in [2.24, 2.45) is 0 Å². The van der Waals surface area contributed by atoms with Crippen LogP contribution in [0.5, 0.6) is 11.5 Å². The average molecular weight is 607 g/mol. The van der Waals surface area contributed by atoms with Gasteiger partial charge in [0.25, 0.3) is 0 Å². The number of carbonyl (C=O) groups excluding carboxylic acids is 1. The van der Waals surface area contributed by atoms with E-state index in [-0.39, 0.29) is 11.3 Å². The van der Waals surface area contributed by atoms with Crippen molar-refractivity contribution < 1.29 is 14.3 Å². The summed E-state index contributed by atoms with van der Waals surface area (Å²) in [4.78, 5) is 23.3. The lowest BCUT2D eigenvalue weighted by atomic mass is 9.70. The van der Waals surface area contributed by atoms with Gasteiger partial charge in [-0.15, -0.1) is 0 Å². The first-order chi connectivity index (χ1) is 22.0. The van der Waals surface area contributed by atoms with Crippen LogP contribution in [0.2, 0.25) is 0 Å². The lowest BCUT2D eigenvalue weighted by Crippen LogP contribution is -2.49. The largest absolute Gasteiger partial charge is 0.497 e. The number of rotatable bonds is 9. The van der Waals surface area contributed by atoms with Crippen molar-refractivity contribution in [3.8, 4) is 11.5 Å². The van der Waals surface area contributed by atoms with Crippen LogP contribution in [0.15, 0.2) is 72.8 Å². The second-order valence-corrected chi connectivity index (χ2v) is 13.4. The number of aromatic nitrogens is 2. The van der Waals surface area contributed by atoms with Crippen molar-refractivity contribution in [3.05, 3.63) is 89.7 Å². The topological polar surface area (TPSA) is 59.8 Å². The Morgan fingerprint density at radius 3 is 2.18 bits per heavy atom. The molecule has 0 spiro atoms. The van der Waals surface area contributed by atoms with E-state index in [1.807, 2.05) is 18.2 Å². The van der Waals surface area contributed by atoms with E-state index < -0.39 is 0 Å². The number of methoxy groups -OCH3 is 2. The van der Waals surface area contributed by atoms with Crippen LogP contribution in [0, 0.1) is 6.92 Å². The van der Waals surface area contributed by atoms with Crippen LogP contribution in [0.4, 0.5) is 0 Å². The Labute approximate surface area is 267 Å². The molecule has 0 saturated carbocycles. The third kappa shape index (κ3) is 5.83. The molecule has 3 fully saturated rings. The van der Waals surface area contributed by atoms with E-state index in [4.69, 9.17) is 14.5 Å². The van der Waals surface area contributed by atoms with E-state index in [0.29, 0.717) is 36.0 Å². The Morgan fingerprint density at radius 1 is 0.867 bits per heavy atom. The molecule has 0 N–H and O–H groups in total. The highest BCUT2D eigenvalue weighted by molar-refractivity contribution is 5.79. The minimum absolute atomic E-state index is 0.0880. The number of hydrogen-bond donors (Lipinski definition) is 0. The van der Waals surface area contributed by atoms with Gasteiger partial charge in [0.15, 0.2) is 0 Å². The summed E-state index contributed by atoms with van der Waals surface area (Å²) in [6.45, 7) is 4.87. The molecule has 45 heavy (non-hydrogen) atoms. The Morgan fingerprint density at radius 2 is 1.51 bits per heavy atom. The van der Waals surface area contributed by atoms with Gasteiger partial charge in [-0.2, -0.15) is 0 Å². The number of amides is 1. The molecule has 3 aliphatic rings. The molecule has 1 amide bonds. The number of carbonyl (C=O) groups is 1. The van der Waals surface area contributed by atoms with E-state index >= 15 is 0 Å². The molecule has 0 aliphatic carbocycles. The molecular weight excluding hydrogens is 560 g/mol. The van der Waals surface area contributed by atoms with Crippen LogP contribution in [0.1, 0.15) is 67.9 Å². The minimum Gasteiger partial charge on any atom is -0.497 e. The Hall–Kier alpha value is -3.84. The minimum atomic E-state index is 0.0880. The molecule has 2 bridgehead atoms. The Bertz CT molecular complexity index is 1610. The zero-order valence-electron chi connectivity index (χ0n) is 27.0. The van der Waals surface area contributed by atoms with Gasteiger partial charge in [0.1, 0.15) is 17.3 Å². The van der Waals surface area contributed by atoms with Gasteiger partial charge in [0.2, 0.25) is 5.91 Å². The SMILES string of the molecule is COc1cc(CC(=O)N2CCC(CCN3[C@@H]4CC[C@H]3CC(n3c(C)nc5ccccc53)C4)(c3ccccc3)CC2)cc(OC)c1. The molecule has 3 aromatic carbocycles. The third-order valence-corrected chi connectivity index (χ3v) is 11.1. The molecule has 1 aromatic heterocycles. The van der Waals surface area contributed by atoms with Crippen LogP contribution < -0.4 is 9.47 Å². The number of imidazole rings is 1. The van der Waals surface area contributed by atoms with Crippen LogP contribution in [-0.4, -0.2) is 71.2 Å². The molecule has 7 rings (SSSR count). The van der Waals surface area contributed by atoms with Crippen molar-refractivity contribution in [3.63, 3.8) is 0 Å². The van der Waals surface area contributed by atoms with Crippen molar-refractivity contribution >= 4 is 16.9 Å². The van der Waals surface area contributed by atoms with E-state index in [0.717, 1.165) is 55.8 Å². The Balaban J connectivity index is 1.03. The maximum Gasteiger partial charge on any atom is 0.226 e. The smallest absolute Gasteiger partial charge is 0.226 e. The van der Waals surface area contributed by atoms with Gasteiger partial charge >= 0.3 is 0 Å². The molecule has 0 radical (unpaired) electrons. The van der Waals surface area contributed by atoms with Gasteiger partial charge in [-0.3, -0.25) is 9.69 Å². The molecule has 7 nitrogen and oxygen atoms in total. The highest BCUT2D eigenvalue weighted by atomic mass is 16.5. The Kier molecular flexibility index (Phi) is 8.30. The van der Waals surface area contributed by atoms with Gasteiger partial charge in [-0.05, 0) is 99.2 Å². The van der Waals surface area contributed by atoms with Gasteiger partial charge in [0.05, 0.1) is 31.7 Å². The first kappa shape index (κ1) is 29.8. The summed E-state index contributed by atoms with van der Waals surface area (Å²) in [5.74, 6) is 2.74. The standard InChI is InChI=1S/C38H46N4O3/c1-27-39-35-11-7-8-12-36(35)42(27)32-24-30-13-14-31(25-32)41(30)20-17-38(29-9-5-4-6-10-29)15-18-40(19-16-38)37(43)23-28-21-33(44-2)26-34(22-28)45-3/h4-12,21-22,26,30-32H,13-20,23-25H2,1-3H3/t30-,31+,32?. The quantitative estimate of drug-likeness (QED) is 0.212. The number of likely N-dealkylation sites (tertiary alicyclic amines) is 1. The molecule has 236 valence electrons. The molecule has 4 aromatic rings. The average Bonchev–Trinajstić information content (AvgIpc) is 3.54. The fraction of sp³-hybridized carbons (Fsp3) is 0.474. The van der Waals surface area contributed by atoms with Gasteiger partial charge in [-0.1, -0.05) is 42.5 Å². The molecule has 3 atom stereocenters. The van der Waals surface area contributed by atoms with Crippen molar-refractivity contribution in [1.82, 2.24) is 19.4 Å². The number of ether oxygens (including phenoxy) is 2. The van der Waals surface area contributed by atoms with E-state index in [2.05, 4.69) is 75.9 Å². The van der Waals surface area contributed by atoms with E-state index in [1.54, 1.807) is 14.2 Å². The number of hydrogen-bond acceptors (Lipinski definition) is 5. The predicted molar refractivity (Wildman–Crippen MR) is 178 cm³/mol. The molecule has 3 saturated heterocycles. The summed E-state index contributed by atoms with van der Waals surface area (Å²) >= 11 is 0. The van der Waals surface area contributed by atoms with Gasteiger partial charge in [0, 0.05) is 37.3 Å². The summed E-state index contributed by atoms with van der Waals surface area (Å²) in [7, 11) is 3.29. The molecule has 1 unspecified atom stereocenters. The first-order valence-electron chi connectivity index (χ1n) is 16.7. The maximum absolute atomic E-state index is 13.5. The van der Waals surface area contributed by atoms with Gasteiger partial charge in [-0.25, -0.2) is 4.98 Å². The third-order valence-electron chi connectivity index (χ3n) is 11.1. The number of fused-ring (bicyclic) bond motifs is 3. The second-order valence-electron chi connectivity index (χ2n) is 13.4. The molecule has 3 aliphatic heterocycles. The fourth-order valence-electron chi connectivity index (χ4n) is 8.70. The summed E-state index contributed by atoms with van der Waals surface area (Å²) < 4.78 is 13.4. The second kappa shape index (κ2) is 12.5. The summed E-state index contributed by atoms with van der Waals surface area (Å²) in [6.07, 6.45) is 8.48. The fourth-order valence-corrected chi connectivity index (χ4v) is 8.70. The highest BCUT2D eigenvalue weighted by Gasteiger charge is 2.44. The lowest BCUT2D eigenvalue weighted by molar-refractivity contribution is -0.132. The maximum atomic E-state index is 13.5. The van der Waals surface area contributed by atoms with Crippen LogP contribution in [0.3, 0.4) is 0 Å². The highest BCUT2D eigenvalue weighted by Crippen LogP contribution is 2.45. The molecule has 4 heterocycles. The monoisotopic (exact) mass is 606 g/mol. The van der Waals surface area contributed by atoms with Crippen LogP contribution in [0.25, 0.3) is 11.0 Å². The lowest BCUT2D eigenvalue weighted by Gasteiger charge is -2.45. The van der Waals surface area contributed by atoms with Gasteiger partial charge < -0.3 is 18.9 Å². The number of aryl methyl sites for hydroxylation is 1. The van der Waals surface area contributed by atoms with Crippen LogP contribution >= 0.6 is 0 Å². The number of benzene rings is 3. The summed E-state index contributed by atoms with van der Waals surface area (Å²) in [5, 5.41) is 0.